The van der Waals surface area contributed by atoms with Gasteiger partial charge in [0.1, 0.15) is 18.0 Å². The molecule has 5 rings (SSSR count). The van der Waals surface area contributed by atoms with E-state index in [0.717, 1.165) is 42.4 Å². The summed E-state index contributed by atoms with van der Waals surface area (Å²) in [5.74, 6) is 0.203. The molecule has 196 valence electrons. The molecule has 0 spiro atoms. The molecule has 1 aliphatic heterocycles. The smallest absolute Gasteiger partial charge is 0.247 e. The first-order valence-electron chi connectivity index (χ1n) is 13.4. The number of amides is 2. The number of fused-ring (bicyclic) bond motifs is 3. The number of aryl methyl sites for hydroxylation is 1. The third-order valence-electron chi connectivity index (χ3n) is 7.97. The van der Waals surface area contributed by atoms with Crippen molar-refractivity contribution in [3.05, 3.63) is 76.9 Å². The van der Waals surface area contributed by atoms with Gasteiger partial charge in [0.15, 0.2) is 0 Å². The molecule has 4 atom stereocenters. The first-order valence-corrected chi connectivity index (χ1v) is 13.4. The van der Waals surface area contributed by atoms with Crippen LogP contribution in [0.25, 0.3) is 0 Å². The second-order valence-electron chi connectivity index (χ2n) is 10.5. The minimum Gasteiger partial charge on any atom is -0.486 e. The third-order valence-corrected chi connectivity index (χ3v) is 7.97. The Morgan fingerprint density at radius 3 is 2.54 bits per heavy atom. The van der Waals surface area contributed by atoms with E-state index >= 15 is 0 Å². The molecule has 2 aromatic rings. The van der Waals surface area contributed by atoms with Crippen molar-refractivity contribution in [2.45, 2.75) is 69.7 Å². The Labute approximate surface area is 218 Å². The van der Waals surface area contributed by atoms with Crippen LogP contribution in [0.4, 0.5) is 0 Å². The molecule has 1 heterocycles. The number of hydrogen-bond acceptors (Lipinski definition) is 5. The van der Waals surface area contributed by atoms with E-state index in [1.54, 1.807) is 11.0 Å². The van der Waals surface area contributed by atoms with Gasteiger partial charge in [-0.05, 0) is 43.4 Å². The van der Waals surface area contributed by atoms with Crippen LogP contribution in [0.2, 0.25) is 0 Å². The zero-order valence-electron chi connectivity index (χ0n) is 21.3. The van der Waals surface area contributed by atoms with Crippen molar-refractivity contribution >= 4 is 11.8 Å². The third kappa shape index (κ3) is 5.29. The monoisotopic (exact) mass is 504 g/mol. The molecule has 2 aromatic carbocycles. The van der Waals surface area contributed by atoms with E-state index in [4.69, 9.17) is 4.74 Å². The average molecular weight is 505 g/mol. The lowest BCUT2D eigenvalue weighted by molar-refractivity contribution is -0.139. The van der Waals surface area contributed by atoms with Crippen LogP contribution in [0.1, 0.15) is 54.7 Å². The van der Waals surface area contributed by atoms with Gasteiger partial charge in [0.05, 0.1) is 18.6 Å². The van der Waals surface area contributed by atoms with Crippen LogP contribution >= 0.6 is 0 Å². The average Bonchev–Trinajstić information content (AvgIpc) is 3.56. The predicted molar refractivity (Wildman–Crippen MR) is 140 cm³/mol. The Balaban J connectivity index is 1.52. The zero-order chi connectivity index (χ0) is 25.9. The summed E-state index contributed by atoms with van der Waals surface area (Å²) < 4.78 is 6.21. The second-order valence-corrected chi connectivity index (χ2v) is 10.5. The van der Waals surface area contributed by atoms with Crippen LogP contribution in [0, 0.1) is 12.8 Å². The largest absolute Gasteiger partial charge is 0.486 e. The molecule has 2 aliphatic carbocycles. The maximum atomic E-state index is 13.8. The van der Waals surface area contributed by atoms with Crippen LogP contribution in [0.15, 0.2) is 60.2 Å². The number of ether oxygens (including phenoxy) is 1. The number of para-hydroxylation sites is 1. The van der Waals surface area contributed by atoms with E-state index in [-0.39, 0.29) is 25.0 Å². The maximum Gasteiger partial charge on any atom is 0.247 e. The number of nitrogens with one attached hydrogen (secondary N) is 1. The number of hydrogen-bond donors (Lipinski definition) is 3. The molecule has 0 saturated heterocycles. The highest BCUT2D eigenvalue weighted by atomic mass is 16.5. The topological polar surface area (TPSA) is 99.1 Å². The summed E-state index contributed by atoms with van der Waals surface area (Å²) in [6, 6.07) is 14.8. The van der Waals surface area contributed by atoms with Crippen molar-refractivity contribution in [2.75, 3.05) is 13.2 Å². The van der Waals surface area contributed by atoms with Gasteiger partial charge in [0.25, 0.3) is 0 Å². The molecule has 1 fully saturated rings. The minimum absolute atomic E-state index is 0.0168. The van der Waals surface area contributed by atoms with Crippen molar-refractivity contribution in [3.8, 4) is 5.75 Å². The molecule has 3 aliphatic rings. The SMILES string of the molecule is Cc1ccc(CN(C(=O)CC2CCCC2)C2C=C(C(=O)NCCO)C3c4ccccc4OC3C2O)cc1. The van der Waals surface area contributed by atoms with Gasteiger partial charge in [-0.2, -0.15) is 0 Å². The predicted octanol–water partition coefficient (Wildman–Crippen LogP) is 3.23. The van der Waals surface area contributed by atoms with Gasteiger partial charge in [-0.15, -0.1) is 0 Å². The van der Waals surface area contributed by atoms with E-state index < -0.39 is 24.2 Å². The number of benzene rings is 2. The molecule has 0 bridgehead atoms. The molecule has 7 heteroatoms. The zero-order valence-corrected chi connectivity index (χ0v) is 21.3. The van der Waals surface area contributed by atoms with Crippen LogP contribution in [0.5, 0.6) is 5.75 Å². The van der Waals surface area contributed by atoms with E-state index in [2.05, 4.69) is 5.32 Å². The number of carbonyl (C=O) groups is 2. The van der Waals surface area contributed by atoms with Gasteiger partial charge in [-0.25, -0.2) is 0 Å². The fourth-order valence-electron chi connectivity index (χ4n) is 6.02. The molecule has 7 nitrogen and oxygen atoms in total. The van der Waals surface area contributed by atoms with Gasteiger partial charge in [-0.1, -0.05) is 60.9 Å². The molecule has 37 heavy (non-hydrogen) atoms. The van der Waals surface area contributed by atoms with Crippen molar-refractivity contribution in [1.29, 1.82) is 0 Å². The van der Waals surface area contributed by atoms with Crippen LogP contribution in [-0.2, 0) is 16.1 Å². The standard InChI is InChI=1S/C30H36N2O5/c1-19-10-12-21(13-11-19)18-32(26(34)16-20-6-2-3-7-20)24-17-23(30(36)31-14-15-33)27-22-8-4-5-9-25(22)37-29(27)28(24)35/h4-5,8-13,17,20,24,27-29,33,35H,2-3,6-7,14-16,18H2,1H3,(H,31,36). The number of aliphatic hydroxyl groups excluding tert-OH is 2. The van der Waals surface area contributed by atoms with Gasteiger partial charge in [0.2, 0.25) is 11.8 Å². The van der Waals surface area contributed by atoms with E-state index in [1.807, 2.05) is 55.5 Å². The first-order chi connectivity index (χ1) is 18.0. The fraction of sp³-hybridized carbons (Fsp3) is 0.467. The minimum atomic E-state index is -1.01. The van der Waals surface area contributed by atoms with Gasteiger partial charge < -0.3 is 25.2 Å². The quantitative estimate of drug-likeness (QED) is 0.513. The van der Waals surface area contributed by atoms with E-state index in [1.165, 1.54) is 0 Å². The summed E-state index contributed by atoms with van der Waals surface area (Å²) in [4.78, 5) is 28.8. The number of carbonyl (C=O) groups excluding carboxylic acids is 2. The van der Waals surface area contributed by atoms with Gasteiger partial charge in [0, 0.05) is 30.6 Å². The second kappa shape index (κ2) is 11.1. The Morgan fingerprint density at radius 1 is 1.08 bits per heavy atom. The Bertz CT molecular complexity index is 1150. The summed E-state index contributed by atoms with van der Waals surface area (Å²) in [6.07, 6.45) is 4.87. The maximum absolute atomic E-state index is 13.8. The van der Waals surface area contributed by atoms with Crippen molar-refractivity contribution in [1.82, 2.24) is 10.2 Å². The fourth-order valence-corrected chi connectivity index (χ4v) is 6.02. The number of nitrogens with zero attached hydrogens (tertiary/aromatic N) is 1. The Kier molecular flexibility index (Phi) is 7.63. The summed E-state index contributed by atoms with van der Waals surface area (Å²) in [6.45, 7) is 2.30. The molecule has 4 unspecified atom stereocenters. The number of rotatable bonds is 8. The first kappa shape index (κ1) is 25.5. The lowest BCUT2D eigenvalue weighted by Crippen LogP contribution is -2.55. The Hall–Kier alpha value is -3.16. The summed E-state index contributed by atoms with van der Waals surface area (Å²) >= 11 is 0. The van der Waals surface area contributed by atoms with Gasteiger partial charge >= 0.3 is 0 Å². The molecule has 3 N–H and O–H groups in total. The van der Waals surface area contributed by atoms with Crippen LogP contribution in [-0.4, -0.2) is 58.3 Å². The van der Waals surface area contributed by atoms with Crippen molar-refractivity contribution < 1.29 is 24.5 Å². The van der Waals surface area contributed by atoms with Crippen molar-refractivity contribution in [3.63, 3.8) is 0 Å². The molecule has 2 amide bonds. The number of aliphatic hydroxyl groups is 2. The highest BCUT2D eigenvalue weighted by Gasteiger charge is 2.50. The Morgan fingerprint density at radius 2 is 1.81 bits per heavy atom. The molecule has 0 aromatic heterocycles. The highest BCUT2D eigenvalue weighted by molar-refractivity contribution is 5.96. The van der Waals surface area contributed by atoms with Crippen molar-refractivity contribution in [2.24, 2.45) is 5.92 Å². The van der Waals surface area contributed by atoms with E-state index in [9.17, 15) is 19.8 Å². The molecular weight excluding hydrogens is 468 g/mol. The van der Waals surface area contributed by atoms with E-state index in [0.29, 0.717) is 30.2 Å². The molecular formula is C30H36N2O5. The summed E-state index contributed by atoms with van der Waals surface area (Å²) in [5, 5.41) is 23.7. The lowest BCUT2D eigenvalue weighted by Gasteiger charge is -2.41. The molecule has 1 saturated carbocycles. The van der Waals surface area contributed by atoms with Gasteiger partial charge in [-0.3, -0.25) is 9.59 Å². The normalized spacial score (nSPS) is 24.6. The lowest BCUT2D eigenvalue weighted by atomic mass is 9.77. The highest BCUT2D eigenvalue weighted by Crippen LogP contribution is 2.47. The van der Waals surface area contributed by atoms with Crippen LogP contribution < -0.4 is 10.1 Å². The summed E-state index contributed by atoms with van der Waals surface area (Å²) in [5.41, 5.74) is 3.40. The van der Waals surface area contributed by atoms with Crippen LogP contribution in [0.3, 0.4) is 0 Å². The summed E-state index contributed by atoms with van der Waals surface area (Å²) in [7, 11) is 0. The molecule has 0 radical (unpaired) electrons.